The molecule has 88 valence electrons. The van der Waals surface area contributed by atoms with Crippen LogP contribution in [0.5, 0.6) is 0 Å². The minimum absolute atomic E-state index is 0.0168. The van der Waals surface area contributed by atoms with Crippen molar-refractivity contribution in [2.45, 2.75) is 12.8 Å². The summed E-state index contributed by atoms with van der Waals surface area (Å²) in [7, 11) is 0. The number of hydrogen-bond acceptors (Lipinski definition) is 3. The van der Waals surface area contributed by atoms with Crippen molar-refractivity contribution in [3.05, 3.63) is 30.0 Å². The fourth-order valence-corrected chi connectivity index (χ4v) is 1.36. The van der Waals surface area contributed by atoms with Gasteiger partial charge in [0.15, 0.2) is 0 Å². The number of carbonyl (C=O) groups excluding carboxylic acids is 1. The third-order valence-corrected chi connectivity index (χ3v) is 2.40. The summed E-state index contributed by atoms with van der Waals surface area (Å²) < 4.78 is 0. The molecule has 5 heteroatoms. The zero-order valence-corrected chi connectivity index (χ0v) is 9.09. The van der Waals surface area contributed by atoms with Gasteiger partial charge in [-0.2, -0.15) is 0 Å². The normalized spacial score (nSPS) is 14.8. The Bertz CT molecular complexity index is 478. The quantitative estimate of drug-likeness (QED) is 0.771. The molecule has 0 bridgehead atoms. The summed E-state index contributed by atoms with van der Waals surface area (Å²) in [6, 6.07) is 3.31. The Hall–Kier alpha value is -2.17. The van der Waals surface area contributed by atoms with Crippen molar-refractivity contribution in [3.63, 3.8) is 0 Å². The summed E-state index contributed by atoms with van der Waals surface area (Å²) in [6.07, 6.45) is 5.90. The molecular formula is C12H12N2O3. The molecule has 1 aromatic heterocycles. The summed E-state index contributed by atoms with van der Waals surface area (Å²) >= 11 is 0. The first kappa shape index (κ1) is 11.3. The highest BCUT2D eigenvalue weighted by Gasteiger charge is 2.29. The minimum atomic E-state index is -1.01. The van der Waals surface area contributed by atoms with Crippen molar-refractivity contribution in [3.8, 4) is 0 Å². The van der Waals surface area contributed by atoms with Crippen LogP contribution in [-0.4, -0.2) is 22.0 Å². The summed E-state index contributed by atoms with van der Waals surface area (Å²) in [5.41, 5.74) is 0.688. The second-order valence-electron chi connectivity index (χ2n) is 3.91. The number of amides is 1. The Morgan fingerprint density at radius 1 is 1.47 bits per heavy atom. The van der Waals surface area contributed by atoms with Crippen LogP contribution in [0.25, 0.3) is 6.08 Å². The van der Waals surface area contributed by atoms with Crippen molar-refractivity contribution in [2.75, 3.05) is 5.32 Å². The van der Waals surface area contributed by atoms with E-state index in [0.717, 1.165) is 18.9 Å². The lowest BCUT2D eigenvalue weighted by Crippen LogP contribution is -2.14. The lowest BCUT2D eigenvalue weighted by molar-refractivity contribution is -0.131. The SMILES string of the molecule is O=C(O)/C=C/c1ccnc(NC(=O)C2CC2)c1. The largest absolute Gasteiger partial charge is 0.478 e. The topological polar surface area (TPSA) is 79.3 Å². The Morgan fingerprint density at radius 3 is 2.88 bits per heavy atom. The minimum Gasteiger partial charge on any atom is -0.478 e. The molecule has 0 saturated heterocycles. The second kappa shape index (κ2) is 4.78. The molecule has 2 N–H and O–H groups in total. The molecule has 1 aliphatic rings. The zero-order chi connectivity index (χ0) is 12.3. The standard InChI is InChI=1S/C12H12N2O3/c15-11(16)4-1-8-5-6-13-10(7-8)14-12(17)9-2-3-9/h1,4-7,9H,2-3H2,(H,15,16)(H,13,14,17)/b4-1+. The predicted octanol–water partition coefficient (Wildman–Crippen LogP) is 1.53. The lowest BCUT2D eigenvalue weighted by atomic mass is 10.2. The molecule has 17 heavy (non-hydrogen) atoms. The molecule has 0 radical (unpaired) electrons. The summed E-state index contributed by atoms with van der Waals surface area (Å²) in [6.45, 7) is 0. The number of anilines is 1. The van der Waals surface area contributed by atoms with E-state index < -0.39 is 5.97 Å². The summed E-state index contributed by atoms with van der Waals surface area (Å²) in [5, 5.41) is 11.2. The van der Waals surface area contributed by atoms with Gasteiger partial charge in [0.1, 0.15) is 5.82 Å². The molecule has 2 rings (SSSR count). The van der Waals surface area contributed by atoms with Crippen LogP contribution < -0.4 is 5.32 Å². The maximum absolute atomic E-state index is 11.5. The number of nitrogens with one attached hydrogen (secondary N) is 1. The van der Waals surface area contributed by atoms with Crippen LogP contribution in [0.4, 0.5) is 5.82 Å². The molecule has 0 spiro atoms. The number of hydrogen-bond donors (Lipinski definition) is 2. The Balaban J connectivity index is 2.05. The molecule has 0 unspecified atom stereocenters. The van der Waals surface area contributed by atoms with Crippen LogP contribution in [0.2, 0.25) is 0 Å². The highest BCUT2D eigenvalue weighted by molar-refractivity contribution is 5.93. The van der Waals surface area contributed by atoms with E-state index in [9.17, 15) is 9.59 Å². The fourth-order valence-electron chi connectivity index (χ4n) is 1.36. The number of aromatic nitrogens is 1. The zero-order valence-electron chi connectivity index (χ0n) is 9.09. The number of aliphatic carboxylic acids is 1. The molecular weight excluding hydrogens is 220 g/mol. The van der Waals surface area contributed by atoms with E-state index in [4.69, 9.17) is 5.11 Å². The van der Waals surface area contributed by atoms with E-state index in [0.29, 0.717) is 11.4 Å². The number of nitrogens with zero attached hydrogens (tertiary/aromatic N) is 1. The Labute approximate surface area is 98.2 Å². The van der Waals surface area contributed by atoms with Crippen LogP contribution in [0, 0.1) is 5.92 Å². The summed E-state index contributed by atoms with van der Waals surface area (Å²) in [5.74, 6) is -0.452. The van der Waals surface area contributed by atoms with Gasteiger partial charge < -0.3 is 10.4 Å². The fraction of sp³-hybridized carbons (Fsp3) is 0.250. The van der Waals surface area contributed by atoms with E-state index in [1.54, 1.807) is 12.1 Å². The van der Waals surface area contributed by atoms with Crippen molar-refractivity contribution < 1.29 is 14.7 Å². The number of carboxylic acid groups (broad SMARTS) is 1. The number of rotatable bonds is 4. The average Bonchev–Trinajstić information content (AvgIpc) is 3.10. The van der Waals surface area contributed by atoms with E-state index in [1.807, 2.05) is 0 Å². The Kier molecular flexibility index (Phi) is 3.18. The van der Waals surface area contributed by atoms with E-state index in [1.165, 1.54) is 12.3 Å². The van der Waals surface area contributed by atoms with Gasteiger partial charge in [-0.3, -0.25) is 4.79 Å². The first-order valence-corrected chi connectivity index (χ1v) is 5.33. The van der Waals surface area contributed by atoms with Gasteiger partial charge in [0.05, 0.1) is 0 Å². The van der Waals surface area contributed by atoms with Gasteiger partial charge in [0, 0.05) is 18.2 Å². The van der Waals surface area contributed by atoms with Crippen molar-refractivity contribution in [1.29, 1.82) is 0 Å². The van der Waals surface area contributed by atoms with Gasteiger partial charge >= 0.3 is 5.97 Å². The molecule has 1 aliphatic carbocycles. The smallest absolute Gasteiger partial charge is 0.328 e. The van der Waals surface area contributed by atoms with Gasteiger partial charge in [-0.1, -0.05) is 0 Å². The average molecular weight is 232 g/mol. The number of carbonyl (C=O) groups is 2. The van der Waals surface area contributed by atoms with Crippen molar-refractivity contribution in [1.82, 2.24) is 4.98 Å². The van der Waals surface area contributed by atoms with E-state index in [2.05, 4.69) is 10.3 Å². The molecule has 1 saturated carbocycles. The van der Waals surface area contributed by atoms with Crippen LogP contribution in [-0.2, 0) is 9.59 Å². The molecule has 1 fully saturated rings. The first-order valence-electron chi connectivity index (χ1n) is 5.33. The molecule has 0 atom stereocenters. The predicted molar refractivity (Wildman–Crippen MR) is 62.3 cm³/mol. The monoisotopic (exact) mass is 232 g/mol. The number of pyridine rings is 1. The number of carboxylic acids is 1. The van der Waals surface area contributed by atoms with Crippen LogP contribution in [0.3, 0.4) is 0 Å². The van der Waals surface area contributed by atoms with E-state index >= 15 is 0 Å². The van der Waals surface area contributed by atoms with Gasteiger partial charge in [0.2, 0.25) is 5.91 Å². The molecule has 0 aromatic carbocycles. The van der Waals surface area contributed by atoms with Crippen LogP contribution in [0.1, 0.15) is 18.4 Å². The van der Waals surface area contributed by atoms with Crippen molar-refractivity contribution in [2.24, 2.45) is 5.92 Å². The van der Waals surface area contributed by atoms with Crippen LogP contribution >= 0.6 is 0 Å². The van der Waals surface area contributed by atoms with Gasteiger partial charge in [-0.05, 0) is 36.6 Å². The van der Waals surface area contributed by atoms with Gasteiger partial charge in [-0.25, -0.2) is 9.78 Å². The summed E-state index contributed by atoms with van der Waals surface area (Å²) in [4.78, 5) is 25.9. The lowest BCUT2D eigenvalue weighted by Gasteiger charge is -2.03. The van der Waals surface area contributed by atoms with Gasteiger partial charge in [-0.15, -0.1) is 0 Å². The molecule has 5 nitrogen and oxygen atoms in total. The van der Waals surface area contributed by atoms with Gasteiger partial charge in [0.25, 0.3) is 0 Å². The third-order valence-electron chi connectivity index (χ3n) is 2.40. The van der Waals surface area contributed by atoms with E-state index in [-0.39, 0.29) is 11.8 Å². The molecule has 0 aliphatic heterocycles. The maximum Gasteiger partial charge on any atom is 0.328 e. The molecule has 1 aromatic rings. The van der Waals surface area contributed by atoms with Crippen LogP contribution in [0.15, 0.2) is 24.4 Å². The highest BCUT2D eigenvalue weighted by Crippen LogP contribution is 2.29. The first-order chi connectivity index (χ1) is 8.15. The molecule has 1 heterocycles. The van der Waals surface area contributed by atoms with Crippen molar-refractivity contribution >= 4 is 23.8 Å². The molecule has 1 amide bonds. The second-order valence-corrected chi connectivity index (χ2v) is 3.91. The maximum atomic E-state index is 11.5. The third kappa shape index (κ3) is 3.41. The highest BCUT2D eigenvalue weighted by atomic mass is 16.4. The Morgan fingerprint density at radius 2 is 2.24 bits per heavy atom.